The Hall–Kier alpha value is -1.27. The van der Waals surface area contributed by atoms with E-state index >= 15 is 0 Å². The molecule has 6 heteroatoms. The third-order valence-electron chi connectivity index (χ3n) is 3.53. The zero-order valence-electron chi connectivity index (χ0n) is 11.6. The van der Waals surface area contributed by atoms with E-state index < -0.39 is 0 Å². The van der Waals surface area contributed by atoms with Gasteiger partial charge >= 0.3 is 0 Å². The van der Waals surface area contributed by atoms with E-state index in [0.717, 1.165) is 31.6 Å². The van der Waals surface area contributed by atoms with Crippen molar-refractivity contribution in [2.75, 3.05) is 25.1 Å². The lowest BCUT2D eigenvalue weighted by molar-refractivity contribution is -0.00499. The third-order valence-corrected chi connectivity index (χ3v) is 3.74. The second kappa shape index (κ2) is 5.38. The van der Waals surface area contributed by atoms with E-state index in [1.807, 2.05) is 13.0 Å². The molecule has 1 atom stereocenters. The maximum atomic E-state index is 5.66. The van der Waals surface area contributed by atoms with Crippen LogP contribution in [0.4, 0.5) is 5.95 Å². The summed E-state index contributed by atoms with van der Waals surface area (Å²) in [6, 6.07) is 1.81. The number of ether oxygens (including phenoxy) is 1. The second-order valence-corrected chi connectivity index (χ2v) is 5.68. The first kappa shape index (κ1) is 14.1. The first-order valence-electron chi connectivity index (χ1n) is 6.39. The van der Waals surface area contributed by atoms with E-state index in [-0.39, 0.29) is 5.60 Å². The van der Waals surface area contributed by atoms with Gasteiger partial charge in [0.25, 0.3) is 0 Å². The molecule has 0 spiro atoms. The summed E-state index contributed by atoms with van der Waals surface area (Å²) in [6.07, 6.45) is 2.11. The minimum absolute atomic E-state index is 0.144. The Balaban J connectivity index is 2.28. The van der Waals surface area contributed by atoms with Gasteiger partial charge < -0.3 is 15.4 Å². The molecule has 0 bridgehead atoms. The lowest BCUT2D eigenvalue weighted by atomic mass is 9.95. The van der Waals surface area contributed by atoms with E-state index in [1.165, 1.54) is 0 Å². The van der Waals surface area contributed by atoms with Gasteiger partial charge in [-0.3, -0.25) is 0 Å². The number of thiocarbonyl (C=S) groups is 1. The van der Waals surface area contributed by atoms with Gasteiger partial charge in [-0.25, -0.2) is 9.97 Å². The number of aryl methyl sites for hydroxylation is 1. The number of rotatable bonds is 3. The van der Waals surface area contributed by atoms with E-state index in [9.17, 15) is 0 Å². The molecule has 1 aliphatic rings. The Bertz CT molecular complexity index is 494. The molecule has 2 heterocycles. The Kier molecular flexibility index (Phi) is 4.01. The smallest absolute Gasteiger partial charge is 0.226 e. The number of hydrogen-bond donors (Lipinski definition) is 1. The Labute approximate surface area is 119 Å². The van der Waals surface area contributed by atoms with Gasteiger partial charge in [0.05, 0.1) is 5.60 Å². The fourth-order valence-electron chi connectivity index (χ4n) is 2.36. The fourth-order valence-corrected chi connectivity index (χ4v) is 2.47. The Morgan fingerprint density at radius 3 is 2.89 bits per heavy atom. The zero-order chi connectivity index (χ0) is 14.0. The normalized spacial score (nSPS) is 23.4. The number of methoxy groups -OCH3 is 1. The molecule has 0 aromatic carbocycles. The van der Waals surface area contributed by atoms with Gasteiger partial charge in [-0.15, -0.1) is 0 Å². The van der Waals surface area contributed by atoms with Crippen LogP contribution in [0.2, 0.25) is 0 Å². The van der Waals surface area contributed by atoms with Gasteiger partial charge in [0.1, 0.15) is 10.7 Å². The lowest BCUT2D eigenvalue weighted by Gasteiger charge is -2.39. The average Bonchev–Trinajstić information content (AvgIpc) is 2.38. The zero-order valence-corrected chi connectivity index (χ0v) is 12.5. The quantitative estimate of drug-likeness (QED) is 0.845. The molecule has 0 saturated carbocycles. The molecule has 1 aromatic heterocycles. The van der Waals surface area contributed by atoms with Crippen LogP contribution < -0.4 is 10.6 Å². The fraction of sp³-hybridized carbons (Fsp3) is 0.615. The minimum atomic E-state index is -0.144. The second-order valence-electron chi connectivity index (χ2n) is 5.24. The molecule has 1 aromatic rings. The third kappa shape index (κ3) is 3.19. The summed E-state index contributed by atoms with van der Waals surface area (Å²) >= 11 is 4.99. The highest BCUT2D eigenvalue weighted by Gasteiger charge is 2.32. The summed E-state index contributed by atoms with van der Waals surface area (Å²) in [7, 11) is 1.75. The molecule has 1 saturated heterocycles. The van der Waals surface area contributed by atoms with Crippen molar-refractivity contribution in [1.29, 1.82) is 0 Å². The van der Waals surface area contributed by atoms with Crippen LogP contribution in [0, 0.1) is 6.92 Å². The van der Waals surface area contributed by atoms with E-state index in [1.54, 1.807) is 7.11 Å². The van der Waals surface area contributed by atoms with E-state index in [2.05, 4.69) is 21.8 Å². The minimum Gasteiger partial charge on any atom is -0.388 e. The Morgan fingerprint density at radius 1 is 1.53 bits per heavy atom. The van der Waals surface area contributed by atoms with Crippen LogP contribution in [0.3, 0.4) is 0 Å². The van der Waals surface area contributed by atoms with Crippen molar-refractivity contribution in [3.63, 3.8) is 0 Å². The van der Waals surface area contributed by atoms with Crippen molar-refractivity contribution in [2.45, 2.75) is 32.3 Å². The molecule has 5 nitrogen and oxygen atoms in total. The van der Waals surface area contributed by atoms with Crippen LogP contribution in [0.1, 0.15) is 31.2 Å². The van der Waals surface area contributed by atoms with Crippen molar-refractivity contribution in [1.82, 2.24) is 9.97 Å². The van der Waals surface area contributed by atoms with Gasteiger partial charge in [-0.1, -0.05) is 12.2 Å². The van der Waals surface area contributed by atoms with Gasteiger partial charge in [-0.05, 0) is 32.8 Å². The topological polar surface area (TPSA) is 64.3 Å². The van der Waals surface area contributed by atoms with Crippen molar-refractivity contribution < 1.29 is 4.74 Å². The standard InChI is InChI=1S/C13H20N4OS/c1-9-7-10(11(14)19)16-12(15-9)17-6-4-5-13(2,8-17)18-3/h7H,4-6,8H2,1-3H3,(H2,14,19). The average molecular weight is 280 g/mol. The predicted octanol–water partition coefficient (Wildman–Crippen LogP) is 1.42. The van der Waals surface area contributed by atoms with Crippen molar-refractivity contribution in [3.8, 4) is 0 Å². The number of piperidine rings is 1. The monoisotopic (exact) mass is 280 g/mol. The molecular weight excluding hydrogens is 260 g/mol. The summed E-state index contributed by atoms with van der Waals surface area (Å²) in [5, 5.41) is 0. The maximum Gasteiger partial charge on any atom is 0.226 e. The first-order chi connectivity index (χ1) is 8.93. The molecule has 104 valence electrons. The van der Waals surface area contributed by atoms with Crippen molar-refractivity contribution in [3.05, 3.63) is 17.5 Å². The van der Waals surface area contributed by atoms with Gasteiger partial charge in [0, 0.05) is 25.9 Å². The highest BCUT2D eigenvalue weighted by molar-refractivity contribution is 7.80. The predicted molar refractivity (Wildman–Crippen MR) is 79.5 cm³/mol. The summed E-state index contributed by atoms with van der Waals surface area (Å²) in [5.41, 5.74) is 7.01. The van der Waals surface area contributed by atoms with Crippen LogP contribution in [0.25, 0.3) is 0 Å². The van der Waals surface area contributed by atoms with E-state index in [4.69, 9.17) is 22.7 Å². The number of nitrogens with zero attached hydrogens (tertiary/aromatic N) is 3. The van der Waals surface area contributed by atoms with Crippen molar-refractivity contribution in [2.24, 2.45) is 5.73 Å². The van der Waals surface area contributed by atoms with Crippen LogP contribution in [0.15, 0.2) is 6.07 Å². The van der Waals surface area contributed by atoms with Gasteiger partial charge in [0.15, 0.2) is 0 Å². The highest BCUT2D eigenvalue weighted by Crippen LogP contribution is 2.26. The highest BCUT2D eigenvalue weighted by atomic mass is 32.1. The summed E-state index contributed by atoms with van der Waals surface area (Å²) < 4.78 is 5.59. The number of nitrogens with two attached hydrogens (primary N) is 1. The molecule has 1 fully saturated rings. The Morgan fingerprint density at radius 2 is 2.26 bits per heavy atom. The van der Waals surface area contributed by atoms with E-state index in [0.29, 0.717) is 16.6 Å². The summed E-state index contributed by atoms with van der Waals surface area (Å²) in [4.78, 5) is 11.4. The molecule has 0 aliphatic carbocycles. The van der Waals surface area contributed by atoms with Crippen LogP contribution in [0.5, 0.6) is 0 Å². The molecule has 1 aliphatic heterocycles. The largest absolute Gasteiger partial charge is 0.388 e. The number of hydrogen-bond acceptors (Lipinski definition) is 5. The van der Waals surface area contributed by atoms with Gasteiger partial charge in [0.2, 0.25) is 5.95 Å². The number of anilines is 1. The van der Waals surface area contributed by atoms with Gasteiger partial charge in [-0.2, -0.15) is 0 Å². The molecule has 2 rings (SSSR count). The molecule has 0 amide bonds. The molecular formula is C13H20N4OS. The lowest BCUT2D eigenvalue weighted by Crippen LogP contribution is -2.48. The van der Waals surface area contributed by atoms with Crippen LogP contribution in [-0.2, 0) is 4.74 Å². The summed E-state index contributed by atoms with van der Waals surface area (Å²) in [6.45, 7) is 5.75. The molecule has 1 unspecified atom stereocenters. The van der Waals surface area contributed by atoms with Crippen LogP contribution >= 0.6 is 12.2 Å². The molecule has 0 radical (unpaired) electrons. The SMILES string of the molecule is COC1(C)CCCN(c2nc(C)cc(C(N)=S)n2)C1. The summed E-state index contributed by atoms with van der Waals surface area (Å²) in [5.74, 6) is 0.686. The molecule has 2 N–H and O–H groups in total. The first-order valence-corrected chi connectivity index (χ1v) is 6.80. The van der Waals surface area contributed by atoms with Crippen LogP contribution in [-0.4, -0.2) is 40.8 Å². The maximum absolute atomic E-state index is 5.66. The molecule has 19 heavy (non-hydrogen) atoms. The van der Waals surface area contributed by atoms with Crippen molar-refractivity contribution >= 4 is 23.2 Å². The number of aromatic nitrogens is 2.